The van der Waals surface area contributed by atoms with Gasteiger partial charge in [0.2, 0.25) is 5.91 Å². The van der Waals surface area contributed by atoms with Crippen LogP contribution in [-0.2, 0) is 4.79 Å². The van der Waals surface area contributed by atoms with E-state index < -0.39 is 0 Å². The molecule has 1 heterocycles. The number of hydrogen-bond acceptors (Lipinski definition) is 5. The van der Waals surface area contributed by atoms with Crippen molar-refractivity contribution in [2.45, 2.75) is 13.0 Å². The van der Waals surface area contributed by atoms with E-state index in [1.54, 1.807) is 36.7 Å². The van der Waals surface area contributed by atoms with E-state index in [1.165, 1.54) is 14.2 Å². The molecule has 25 heavy (non-hydrogen) atoms. The number of pyridine rings is 1. The molecule has 1 unspecified atom stereocenters. The zero-order chi connectivity index (χ0) is 18.2. The molecule has 0 bridgehead atoms. The predicted octanol–water partition coefficient (Wildman–Crippen LogP) is 1.71. The summed E-state index contributed by atoms with van der Waals surface area (Å²) in [5.74, 6) is 0.319. The van der Waals surface area contributed by atoms with E-state index >= 15 is 0 Å². The van der Waals surface area contributed by atoms with Gasteiger partial charge in [-0.1, -0.05) is 6.07 Å². The van der Waals surface area contributed by atoms with Gasteiger partial charge < -0.3 is 20.1 Å². The minimum Gasteiger partial charge on any atom is -0.497 e. The maximum absolute atomic E-state index is 12.2. The zero-order valence-corrected chi connectivity index (χ0v) is 14.4. The van der Waals surface area contributed by atoms with Crippen molar-refractivity contribution in [3.05, 3.63) is 53.9 Å². The Morgan fingerprint density at radius 2 is 1.84 bits per heavy atom. The number of hydrogen-bond donors (Lipinski definition) is 2. The van der Waals surface area contributed by atoms with E-state index in [-0.39, 0.29) is 24.4 Å². The third kappa shape index (κ3) is 5.20. The van der Waals surface area contributed by atoms with E-state index in [4.69, 9.17) is 9.47 Å². The van der Waals surface area contributed by atoms with Gasteiger partial charge in [-0.05, 0) is 30.7 Å². The smallest absolute Gasteiger partial charge is 0.251 e. The molecule has 1 atom stereocenters. The van der Waals surface area contributed by atoms with Crippen molar-refractivity contribution in [2.24, 2.45) is 0 Å². The second-order valence-electron chi connectivity index (χ2n) is 5.36. The van der Waals surface area contributed by atoms with Gasteiger partial charge in [0.25, 0.3) is 5.91 Å². The van der Waals surface area contributed by atoms with Crippen molar-refractivity contribution < 1.29 is 19.1 Å². The van der Waals surface area contributed by atoms with Crippen molar-refractivity contribution in [3.8, 4) is 11.5 Å². The van der Waals surface area contributed by atoms with Crippen LogP contribution in [0.15, 0.2) is 42.7 Å². The summed E-state index contributed by atoms with van der Waals surface area (Å²) < 4.78 is 10.3. The summed E-state index contributed by atoms with van der Waals surface area (Å²) in [6.07, 6.45) is 3.35. The first-order chi connectivity index (χ1) is 12.0. The monoisotopic (exact) mass is 343 g/mol. The molecule has 2 N–H and O–H groups in total. The van der Waals surface area contributed by atoms with Crippen molar-refractivity contribution in [1.82, 2.24) is 15.6 Å². The van der Waals surface area contributed by atoms with E-state index in [1.807, 2.05) is 13.0 Å². The number of nitrogens with one attached hydrogen (secondary N) is 2. The number of carbonyl (C=O) groups is 2. The van der Waals surface area contributed by atoms with E-state index in [0.29, 0.717) is 17.1 Å². The molecule has 2 aromatic rings. The highest BCUT2D eigenvalue weighted by atomic mass is 16.5. The van der Waals surface area contributed by atoms with Gasteiger partial charge in [0.05, 0.1) is 26.8 Å². The van der Waals surface area contributed by atoms with Gasteiger partial charge in [-0.2, -0.15) is 0 Å². The molecule has 2 amide bonds. The molecule has 0 aliphatic rings. The van der Waals surface area contributed by atoms with Crippen molar-refractivity contribution in [3.63, 3.8) is 0 Å². The molecule has 7 heteroatoms. The second kappa shape index (κ2) is 8.68. The van der Waals surface area contributed by atoms with E-state index in [0.717, 1.165) is 5.56 Å². The largest absolute Gasteiger partial charge is 0.497 e. The minimum atomic E-state index is -0.388. The van der Waals surface area contributed by atoms with Crippen LogP contribution in [0.25, 0.3) is 0 Å². The molecule has 0 spiro atoms. The van der Waals surface area contributed by atoms with E-state index in [9.17, 15) is 9.59 Å². The normalized spacial score (nSPS) is 11.3. The van der Waals surface area contributed by atoms with Crippen LogP contribution in [-0.4, -0.2) is 37.6 Å². The predicted molar refractivity (Wildman–Crippen MR) is 92.7 cm³/mol. The molecule has 0 aliphatic heterocycles. The SMILES string of the molecule is COc1cc(OC)cc(C(=O)NCC(=O)NC(C)c2cccnc2)c1. The number of ether oxygens (including phenoxy) is 2. The van der Waals surface area contributed by atoms with Gasteiger partial charge in [-0.15, -0.1) is 0 Å². The van der Waals surface area contributed by atoms with Crippen LogP contribution in [0, 0.1) is 0 Å². The molecule has 0 aliphatic carbocycles. The average molecular weight is 343 g/mol. The van der Waals surface area contributed by atoms with Gasteiger partial charge in [0.1, 0.15) is 11.5 Å². The van der Waals surface area contributed by atoms with Gasteiger partial charge in [-0.3, -0.25) is 14.6 Å². The number of amides is 2. The van der Waals surface area contributed by atoms with Crippen LogP contribution < -0.4 is 20.1 Å². The first-order valence-corrected chi connectivity index (χ1v) is 7.74. The van der Waals surface area contributed by atoms with Gasteiger partial charge in [-0.25, -0.2) is 0 Å². The Balaban J connectivity index is 1.92. The highest BCUT2D eigenvalue weighted by Gasteiger charge is 2.13. The summed E-state index contributed by atoms with van der Waals surface area (Å²) in [6, 6.07) is 8.30. The number of aromatic nitrogens is 1. The Bertz CT molecular complexity index is 712. The lowest BCUT2D eigenvalue weighted by molar-refractivity contribution is -0.120. The number of methoxy groups -OCH3 is 2. The lowest BCUT2D eigenvalue weighted by Gasteiger charge is -2.14. The quantitative estimate of drug-likeness (QED) is 0.799. The number of rotatable bonds is 7. The highest BCUT2D eigenvalue weighted by Crippen LogP contribution is 2.22. The summed E-state index contributed by atoms with van der Waals surface area (Å²) in [5.41, 5.74) is 1.24. The molecule has 0 fully saturated rings. The standard InChI is InChI=1S/C18H21N3O4/c1-12(13-5-4-6-19-10-13)21-17(22)11-20-18(23)14-7-15(24-2)9-16(8-14)25-3/h4-10,12H,11H2,1-3H3,(H,20,23)(H,21,22). The van der Waals surface area contributed by atoms with Crippen molar-refractivity contribution >= 4 is 11.8 Å². The molecule has 0 saturated carbocycles. The Morgan fingerprint density at radius 3 is 2.40 bits per heavy atom. The number of benzene rings is 1. The lowest BCUT2D eigenvalue weighted by Crippen LogP contribution is -2.38. The highest BCUT2D eigenvalue weighted by molar-refractivity contribution is 5.97. The second-order valence-corrected chi connectivity index (χ2v) is 5.36. The zero-order valence-electron chi connectivity index (χ0n) is 14.4. The first kappa shape index (κ1) is 18.3. The van der Waals surface area contributed by atoms with Gasteiger partial charge in [0.15, 0.2) is 0 Å². The summed E-state index contributed by atoms with van der Waals surface area (Å²) in [6.45, 7) is 1.71. The molecular formula is C18H21N3O4. The fourth-order valence-electron chi connectivity index (χ4n) is 2.21. The fraction of sp³-hybridized carbons (Fsp3) is 0.278. The topological polar surface area (TPSA) is 89.5 Å². The fourth-order valence-corrected chi connectivity index (χ4v) is 2.21. The summed E-state index contributed by atoms with van der Waals surface area (Å²) in [5, 5.41) is 5.39. The molecule has 1 aromatic carbocycles. The summed E-state index contributed by atoms with van der Waals surface area (Å²) in [4.78, 5) is 28.3. The molecule has 7 nitrogen and oxygen atoms in total. The Morgan fingerprint density at radius 1 is 1.16 bits per heavy atom. The molecule has 132 valence electrons. The molecular weight excluding hydrogens is 322 g/mol. The van der Waals surface area contributed by atoms with Crippen LogP contribution in [0.3, 0.4) is 0 Å². The van der Waals surface area contributed by atoms with Crippen LogP contribution in [0.5, 0.6) is 11.5 Å². The van der Waals surface area contributed by atoms with Crippen LogP contribution in [0.2, 0.25) is 0 Å². The maximum Gasteiger partial charge on any atom is 0.251 e. The van der Waals surface area contributed by atoms with Crippen LogP contribution in [0.1, 0.15) is 28.9 Å². The molecule has 2 rings (SSSR count). The number of nitrogens with zero attached hydrogens (tertiary/aromatic N) is 1. The third-order valence-corrected chi connectivity index (χ3v) is 3.59. The average Bonchev–Trinajstić information content (AvgIpc) is 2.66. The van der Waals surface area contributed by atoms with Crippen LogP contribution in [0.4, 0.5) is 0 Å². The van der Waals surface area contributed by atoms with Gasteiger partial charge >= 0.3 is 0 Å². The summed E-state index contributed by atoms with van der Waals surface area (Å²) >= 11 is 0. The molecule has 0 radical (unpaired) electrons. The summed E-state index contributed by atoms with van der Waals surface area (Å²) in [7, 11) is 3.01. The Kier molecular flexibility index (Phi) is 6.33. The Hall–Kier alpha value is -3.09. The van der Waals surface area contributed by atoms with Crippen LogP contribution >= 0.6 is 0 Å². The third-order valence-electron chi connectivity index (χ3n) is 3.59. The lowest BCUT2D eigenvalue weighted by atomic mass is 10.1. The maximum atomic E-state index is 12.2. The van der Waals surface area contributed by atoms with Crippen molar-refractivity contribution in [1.29, 1.82) is 0 Å². The molecule has 1 aromatic heterocycles. The molecule has 0 saturated heterocycles. The minimum absolute atomic E-state index is 0.136. The first-order valence-electron chi connectivity index (χ1n) is 7.74. The van der Waals surface area contributed by atoms with Gasteiger partial charge in [0, 0.05) is 24.0 Å². The Labute approximate surface area is 146 Å². The van der Waals surface area contributed by atoms with E-state index in [2.05, 4.69) is 15.6 Å². The number of carbonyl (C=O) groups excluding carboxylic acids is 2. The van der Waals surface area contributed by atoms with Crippen molar-refractivity contribution in [2.75, 3.05) is 20.8 Å².